The molecule has 0 bridgehead atoms. The average Bonchev–Trinajstić information content (AvgIpc) is 3.02. The molecule has 1 saturated heterocycles. The van der Waals surface area contributed by atoms with Gasteiger partial charge in [0.25, 0.3) is 0 Å². The molecule has 3 aromatic rings. The van der Waals surface area contributed by atoms with Crippen LogP contribution in [0.2, 0.25) is 5.02 Å². The Morgan fingerprint density at radius 3 is 2.55 bits per heavy atom. The number of hydrogen-bond donors (Lipinski definition) is 1. The summed E-state index contributed by atoms with van der Waals surface area (Å²) in [5, 5.41) is 10.2. The summed E-state index contributed by atoms with van der Waals surface area (Å²) in [4.78, 5) is 26.3. The molecule has 44 heavy (non-hydrogen) atoms. The number of anilines is 3. The third-order valence-electron chi connectivity index (χ3n) is 8.03. The minimum Gasteiger partial charge on any atom is -0.394 e. The molecular formula is C30H24ClF4N7O2. The number of amides is 1. The van der Waals surface area contributed by atoms with Crippen molar-refractivity contribution in [1.29, 1.82) is 5.26 Å². The van der Waals surface area contributed by atoms with Crippen LogP contribution in [0.1, 0.15) is 29.8 Å². The highest BCUT2D eigenvalue weighted by Gasteiger charge is 2.45. The number of aromatic nitrogens is 2. The van der Waals surface area contributed by atoms with Gasteiger partial charge in [0.1, 0.15) is 29.3 Å². The number of benzene rings is 1. The number of aryl methyl sites for hydroxylation is 1. The Balaban J connectivity index is 1.62. The van der Waals surface area contributed by atoms with E-state index in [9.17, 15) is 18.8 Å². The molecule has 5 heterocycles. The Bertz CT molecular complexity index is 1810. The molecule has 3 aliphatic heterocycles. The van der Waals surface area contributed by atoms with Gasteiger partial charge in [0.2, 0.25) is 5.91 Å². The Kier molecular flexibility index (Phi) is 7.22. The fourth-order valence-corrected chi connectivity index (χ4v) is 6.14. The number of nitrogen functional groups attached to an aromatic ring is 1. The van der Waals surface area contributed by atoms with Crippen molar-refractivity contribution >= 4 is 40.4 Å². The maximum atomic E-state index is 15.3. The van der Waals surface area contributed by atoms with Crippen molar-refractivity contribution in [2.24, 2.45) is 0 Å². The van der Waals surface area contributed by atoms with E-state index in [0.29, 0.717) is 48.8 Å². The van der Waals surface area contributed by atoms with Gasteiger partial charge in [0, 0.05) is 37.9 Å². The lowest BCUT2D eigenvalue weighted by atomic mass is 9.94. The van der Waals surface area contributed by atoms with E-state index in [2.05, 4.69) is 22.6 Å². The normalized spacial score (nSPS) is 19.3. The lowest BCUT2D eigenvalue weighted by molar-refractivity contribution is -0.127. The summed E-state index contributed by atoms with van der Waals surface area (Å²) in [7, 11) is 0. The molecule has 2 unspecified atom stereocenters. The van der Waals surface area contributed by atoms with Crippen molar-refractivity contribution in [1.82, 2.24) is 19.8 Å². The summed E-state index contributed by atoms with van der Waals surface area (Å²) in [5.41, 5.74) is 5.37. The molecule has 2 N–H and O–H groups in total. The second-order valence-electron chi connectivity index (χ2n) is 10.5. The maximum absolute atomic E-state index is 15.3. The molecule has 14 heteroatoms. The smallest absolute Gasteiger partial charge is 0.246 e. The van der Waals surface area contributed by atoms with E-state index in [1.807, 2.05) is 11.8 Å². The highest BCUT2D eigenvalue weighted by Crippen LogP contribution is 2.51. The molecule has 1 fully saturated rings. The first-order valence-electron chi connectivity index (χ1n) is 13.5. The van der Waals surface area contributed by atoms with Crippen LogP contribution in [0.15, 0.2) is 36.6 Å². The van der Waals surface area contributed by atoms with Gasteiger partial charge in [-0.2, -0.15) is 5.26 Å². The highest BCUT2D eigenvalue weighted by molar-refractivity contribution is 6.33. The number of carbonyl (C=O) groups excluding carboxylic acids is 1. The molecule has 3 aliphatic rings. The minimum atomic E-state index is -1.98. The van der Waals surface area contributed by atoms with Crippen molar-refractivity contribution in [2.75, 3.05) is 36.8 Å². The number of nitrogens with two attached hydrogens (primary N) is 1. The van der Waals surface area contributed by atoms with Crippen molar-refractivity contribution in [3.05, 3.63) is 81.7 Å². The molecule has 226 valence electrons. The summed E-state index contributed by atoms with van der Waals surface area (Å²) < 4.78 is 65.3. The number of nitriles is 1. The zero-order valence-electron chi connectivity index (χ0n) is 23.5. The Morgan fingerprint density at radius 1 is 1.18 bits per heavy atom. The highest BCUT2D eigenvalue weighted by atomic mass is 35.5. The van der Waals surface area contributed by atoms with Crippen molar-refractivity contribution in [3.8, 4) is 17.3 Å². The van der Waals surface area contributed by atoms with Gasteiger partial charge in [-0.15, -0.1) is 0 Å². The minimum absolute atomic E-state index is 0.0827. The first kappa shape index (κ1) is 29.4. The van der Waals surface area contributed by atoms with Crippen LogP contribution in [0.3, 0.4) is 0 Å². The lowest BCUT2D eigenvalue weighted by Crippen LogP contribution is -2.50. The molecule has 0 radical (unpaired) electrons. The fraction of sp³-hybridized carbons (Fsp3) is 0.267. The van der Waals surface area contributed by atoms with E-state index in [-0.39, 0.29) is 22.3 Å². The molecule has 1 amide bonds. The quantitative estimate of drug-likeness (QED) is 0.136. The molecule has 0 saturated carbocycles. The van der Waals surface area contributed by atoms with Crippen molar-refractivity contribution in [3.63, 3.8) is 0 Å². The van der Waals surface area contributed by atoms with Crippen LogP contribution in [-0.2, 0) is 9.53 Å². The standard InChI is InChI=1S/C30H24ClF4N7O2/c1-4-18(43)40-7-9-41(10-8-40)28-15-11-17(31)26(19-20(32)22(34)23(35)24(37)21(19)33)39-29(15)42-27-13(2)5-6-38-25(27)14(3)44-30(42)16(28)12-36/h4-6,11,14,30H,1,7-10,37H2,2-3H3. The van der Waals surface area contributed by atoms with E-state index in [4.69, 9.17) is 22.1 Å². The first-order valence-corrected chi connectivity index (χ1v) is 13.9. The van der Waals surface area contributed by atoms with E-state index in [0.717, 1.165) is 5.56 Å². The van der Waals surface area contributed by atoms with Crippen LogP contribution in [0.4, 0.5) is 34.8 Å². The monoisotopic (exact) mass is 625 g/mol. The predicted molar refractivity (Wildman–Crippen MR) is 154 cm³/mol. The molecule has 0 spiro atoms. The molecular weight excluding hydrogens is 602 g/mol. The molecule has 2 atom stereocenters. The van der Waals surface area contributed by atoms with Crippen LogP contribution >= 0.6 is 11.6 Å². The van der Waals surface area contributed by atoms with Crippen molar-refractivity contribution < 1.29 is 27.1 Å². The van der Waals surface area contributed by atoms with Gasteiger partial charge in [-0.25, -0.2) is 22.5 Å². The van der Waals surface area contributed by atoms with Gasteiger partial charge >= 0.3 is 0 Å². The Hall–Kier alpha value is -4.67. The summed E-state index contributed by atoms with van der Waals surface area (Å²) in [6, 6.07) is 5.38. The molecule has 6 rings (SSSR count). The van der Waals surface area contributed by atoms with Gasteiger partial charge in [-0.3, -0.25) is 14.7 Å². The van der Waals surface area contributed by atoms with Crippen molar-refractivity contribution in [2.45, 2.75) is 26.2 Å². The van der Waals surface area contributed by atoms with Gasteiger partial charge in [-0.1, -0.05) is 18.2 Å². The Labute approximate surface area is 254 Å². The van der Waals surface area contributed by atoms with Gasteiger partial charge < -0.3 is 20.3 Å². The zero-order valence-corrected chi connectivity index (χ0v) is 24.2. The third-order valence-corrected chi connectivity index (χ3v) is 8.31. The van der Waals surface area contributed by atoms with E-state index >= 15 is 8.78 Å². The van der Waals surface area contributed by atoms with Crippen LogP contribution in [0, 0.1) is 41.5 Å². The van der Waals surface area contributed by atoms with Gasteiger partial charge in [0.05, 0.1) is 33.4 Å². The largest absolute Gasteiger partial charge is 0.394 e. The first-order chi connectivity index (χ1) is 21.0. The number of ether oxygens (including phenoxy) is 1. The SMILES string of the molecule is C=CC(=O)N1CCN(C2=C(C#N)C3OC(C)c4nccc(C)c4N3c3nc(-c4c(F)c(N)c(F)c(F)c4F)c(Cl)cc32)CC1. The van der Waals surface area contributed by atoms with Gasteiger partial charge in [-0.05, 0) is 37.6 Å². The van der Waals surface area contributed by atoms with Gasteiger partial charge in [0.15, 0.2) is 29.5 Å². The zero-order chi connectivity index (χ0) is 31.6. The number of nitrogens with zero attached hydrogens (tertiary/aromatic N) is 6. The number of pyridine rings is 2. The second kappa shape index (κ2) is 10.8. The topological polar surface area (TPSA) is 112 Å². The molecule has 1 aromatic carbocycles. The van der Waals surface area contributed by atoms with E-state index < -0.39 is 52.5 Å². The van der Waals surface area contributed by atoms with E-state index in [1.165, 1.54) is 12.1 Å². The number of hydrogen-bond acceptors (Lipinski definition) is 8. The number of rotatable bonds is 3. The van der Waals surface area contributed by atoms with Crippen LogP contribution in [0.5, 0.6) is 0 Å². The number of carbonyl (C=O) groups is 1. The summed E-state index contributed by atoms with van der Waals surface area (Å²) in [5.74, 6) is -7.42. The average molecular weight is 626 g/mol. The Morgan fingerprint density at radius 2 is 1.89 bits per heavy atom. The maximum Gasteiger partial charge on any atom is 0.246 e. The molecule has 2 aromatic heterocycles. The summed E-state index contributed by atoms with van der Waals surface area (Å²) in [6.45, 7) is 8.43. The second-order valence-corrected chi connectivity index (χ2v) is 10.9. The lowest BCUT2D eigenvalue weighted by Gasteiger charge is -2.47. The van der Waals surface area contributed by atoms with Crippen LogP contribution in [-0.4, -0.2) is 58.1 Å². The molecule has 9 nitrogen and oxygen atoms in total. The van der Waals surface area contributed by atoms with Crippen LogP contribution in [0.25, 0.3) is 17.0 Å². The third kappa shape index (κ3) is 4.28. The van der Waals surface area contributed by atoms with E-state index in [1.54, 1.807) is 29.0 Å². The van der Waals surface area contributed by atoms with Crippen LogP contribution < -0.4 is 10.6 Å². The predicted octanol–water partition coefficient (Wildman–Crippen LogP) is 5.38. The number of fused-ring (bicyclic) bond motifs is 5. The summed E-state index contributed by atoms with van der Waals surface area (Å²) >= 11 is 6.59. The number of halogens is 5. The number of piperazine rings is 1. The fourth-order valence-electron chi connectivity index (χ4n) is 5.89. The molecule has 0 aliphatic carbocycles. The summed E-state index contributed by atoms with van der Waals surface area (Å²) in [6.07, 6.45) is 1.22.